The smallest absolute Gasteiger partial charge is 0.372 e. The molecule has 0 amide bonds. The maximum absolute atomic E-state index is 15.9. The molecule has 5 aliphatic rings. The number of halogens is 4. The first-order valence-corrected chi connectivity index (χ1v) is 16.0. The number of nitrogens with zero attached hydrogens (tertiary/aromatic N) is 2. The number of hydrogen-bond acceptors (Lipinski definition) is 5. The Morgan fingerprint density at radius 2 is 1.86 bits per heavy atom. The molecule has 9 heteroatoms. The summed E-state index contributed by atoms with van der Waals surface area (Å²) in [6, 6.07) is 8.26. The molecule has 236 valence electrons. The highest BCUT2D eigenvalue weighted by Gasteiger charge is 2.59. The van der Waals surface area contributed by atoms with Gasteiger partial charge in [0.1, 0.15) is 25.4 Å². The average molecular weight is 613 g/mol. The van der Waals surface area contributed by atoms with E-state index >= 15 is 4.39 Å². The molecule has 1 aliphatic heterocycles. The van der Waals surface area contributed by atoms with Gasteiger partial charge in [0.05, 0.1) is 0 Å². The molecule has 1 aromatic carbocycles. The number of carbonyl (C=O) groups excluding carboxylic acids is 1. The summed E-state index contributed by atoms with van der Waals surface area (Å²) in [5.41, 5.74) is 4.89. The minimum Gasteiger partial charge on any atom is -0.372 e. The van der Waals surface area contributed by atoms with E-state index in [9.17, 15) is 22.9 Å². The van der Waals surface area contributed by atoms with Crippen molar-refractivity contribution in [2.24, 2.45) is 28.3 Å². The fourth-order valence-electron chi connectivity index (χ4n) is 9.17. The van der Waals surface area contributed by atoms with E-state index in [2.05, 4.69) is 41.3 Å². The third-order valence-electron chi connectivity index (χ3n) is 11.1. The van der Waals surface area contributed by atoms with Crippen LogP contribution in [-0.2, 0) is 9.53 Å². The number of ether oxygens (including phenoxy) is 1. The van der Waals surface area contributed by atoms with E-state index in [0.29, 0.717) is 31.3 Å². The van der Waals surface area contributed by atoms with Crippen LogP contribution in [0.2, 0.25) is 0 Å². The molecule has 0 N–H and O–H groups in total. The monoisotopic (exact) mass is 612 g/mol. The summed E-state index contributed by atoms with van der Waals surface area (Å²) < 4.78 is 58.3. The van der Waals surface area contributed by atoms with Gasteiger partial charge in [-0.3, -0.25) is 4.79 Å². The van der Waals surface area contributed by atoms with Crippen molar-refractivity contribution in [2.75, 3.05) is 31.2 Å². The minimum atomic E-state index is -4.60. The second-order valence-corrected chi connectivity index (χ2v) is 13.5. The predicted octanol–water partition coefficient (Wildman–Crippen LogP) is 7.86. The lowest BCUT2D eigenvalue weighted by atomic mass is 9.51. The quantitative estimate of drug-likeness (QED) is 0.136. The van der Waals surface area contributed by atoms with Crippen LogP contribution in [0, 0.1) is 39.9 Å². The Labute approximate surface area is 256 Å². The SMILES string of the molecule is C[C@]12C[C@H](c3ccc(N4CCCCC4)cc3)C3=C4CCC(N=O)C=C4C(F)C[C@H]3[C@@H]1CC[C@@H]2C(=O)COCC#CC(F)(F)F. The third-order valence-corrected chi connectivity index (χ3v) is 11.1. The first-order chi connectivity index (χ1) is 21.1. The first-order valence-electron chi connectivity index (χ1n) is 16.0. The van der Waals surface area contributed by atoms with Gasteiger partial charge in [0.15, 0.2) is 5.78 Å². The predicted molar refractivity (Wildman–Crippen MR) is 161 cm³/mol. The molecule has 1 saturated heterocycles. The Morgan fingerprint density at radius 3 is 2.57 bits per heavy atom. The van der Waals surface area contributed by atoms with Crippen LogP contribution in [0.25, 0.3) is 0 Å². The maximum Gasteiger partial charge on any atom is 0.457 e. The van der Waals surface area contributed by atoms with Gasteiger partial charge in [-0.25, -0.2) is 4.39 Å². The highest BCUT2D eigenvalue weighted by Crippen LogP contribution is 2.66. The minimum absolute atomic E-state index is 0.00438. The van der Waals surface area contributed by atoms with Crippen LogP contribution in [0.3, 0.4) is 0 Å². The van der Waals surface area contributed by atoms with Crippen molar-refractivity contribution < 1.29 is 27.1 Å². The van der Waals surface area contributed by atoms with Gasteiger partial charge in [-0.15, -0.1) is 0 Å². The molecule has 5 nitrogen and oxygen atoms in total. The fourth-order valence-corrected chi connectivity index (χ4v) is 9.17. The number of Topliss-reactive ketones (excluding diaryl/α,β-unsaturated/α-hetero) is 1. The Hall–Kier alpha value is -2.99. The normalized spacial score (nSPS) is 33.4. The summed E-state index contributed by atoms with van der Waals surface area (Å²) in [7, 11) is 0. The zero-order valence-corrected chi connectivity index (χ0v) is 25.2. The van der Waals surface area contributed by atoms with Crippen molar-refractivity contribution in [1.29, 1.82) is 0 Å². The summed E-state index contributed by atoms with van der Waals surface area (Å²) in [5, 5.41) is 3.22. The van der Waals surface area contributed by atoms with Gasteiger partial charge in [-0.2, -0.15) is 18.1 Å². The van der Waals surface area contributed by atoms with Gasteiger partial charge < -0.3 is 9.64 Å². The molecular formula is C35H40F4N2O3. The van der Waals surface area contributed by atoms with Crippen LogP contribution in [0.15, 0.2) is 52.2 Å². The van der Waals surface area contributed by atoms with E-state index in [-0.39, 0.29) is 36.1 Å². The number of piperidine rings is 1. The maximum atomic E-state index is 15.9. The first kappa shape index (κ1) is 31.0. The molecule has 6 rings (SSSR count). The molecule has 1 heterocycles. The van der Waals surface area contributed by atoms with Crippen molar-refractivity contribution >= 4 is 11.5 Å². The Balaban J connectivity index is 1.32. The van der Waals surface area contributed by atoms with Crippen LogP contribution in [-0.4, -0.2) is 50.5 Å². The number of nitroso groups, excluding NO2 is 1. The van der Waals surface area contributed by atoms with Crippen molar-refractivity contribution in [3.8, 4) is 11.8 Å². The van der Waals surface area contributed by atoms with Crippen molar-refractivity contribution in [1.82, 2.24) is 0 Å². The van der Waals surface area contributed by atoms with Gasteiger partial charge in [0, 0.05) is 36.5 Å². The fraction of sp³-hybridized carbons (Fsp3) is 0.629. The van der Waals surface area contributed by atoms with Gasteiger partial charge >= 0.3 is 6.18 Å². The second kappa shape index (κ2) is 12.4. The zero-order chi connectivity index (χ0) is 31.1. The summed E-state index contributed by atoms with van der Waals surface area (Å²) in [4.78, 5) is 27.3. The van der Waals surface area contributed by atoms with Gasteiger partial charge in [-0.1, -0.05) is 41.8 Å². The topological polar surface area (TPSA) is 59.0 Å². The van der Waals surface area contributed by atoms with Crippen LogP contribution in [0.1, 0.15) is 76.2 Å². The average Bonchev–Trinajstić information content (AvgIpc) is 3.37. The van der Waals surface area contributed by atoms with Gasteiger partial charge in [-0.05, 0) is 104 Å². The molecule has 0 bridgehead atoms. The highest BCUT2D eigenvalue weighted by atomic mass is 19.4. The molecule has 44 heavy (non-hydrogen) atoms. The number of ketones is 1. The van der Waals surface area contributed by atoms with Crippen molar-refractivity contribution in [2.45, 2.75) is 89.0 Å². The molecule has 1 aromatic rings. The summed E-state index contributed by atoms with van der Waals surface area (Å²) >= 11 is 0. The Kier molecular flexibility index (Phi) is 8.76. The number of benzene rings is 1. The third kappa shape index (κ3) is 5.99. The lowest BCUT2D eigenvalue weighted by molar-refractivity contribution is -0.131. The van der Waals surface area contributed by atoms with E-state index in [0.717, 1.165) is 37.1 Å². The van der Waals surface area contributed by atoms with E-state index < -0.39 is 30.4 Å². The van der Waals surface area contributed by atoms with Crippen molar-refractivity contribution in [3.05, 3.63) is 57.5 Å². The standard InChI is InChI=1S/C35H40F4N2O3/c1-34-20-28(22-6-9-24(10-7-22)41-15-3-2-4-16-41)33-25-11-8-23(40-43)18-26(25)31(36)19-27(33)29(34)12-13-30(34)32(42)21-44-17-5-14-35(37,38)39/h6-7,9-10,18,23,27-31H,2-4,8,11-13,15-17,19-21H2,1H3/t23?,27-,28+,29-,30+,31?,34-/m0/s1. The van der Waals surface area contributed by atoms with Gasteiger partial charge in [0.2, 0.25) is 0 Å². The largest absolute Gasteiger partial charge is 0.457 e. The summed E-state index contributed by atoms with van der Waals surface area (Å²) in [6.07, 6.45) is 3.26. The highest BCUT2D eigenvalue weighted by molar-refractivity contribution is 5.83. The number of allylic oxidation sites excluding steroid dienone is 3. The lowest BCUT2D eigenvalue weighted by Gasteiger charge is -2.53. The number of rotatable bonds is 7. The number of alkyl halides is 4. The van der Waals surface area contributed by atoms with Crippen LogP contribution in [0.4, 0.5) is 23.2 Å². The number of fused-ring (bicyclic) bond motifs is 4. The van der Waals surface area contributed by atoms with E-state index in [1.807, 2.05) is 5.92 Å². The Bertz CT molecular complexity index is 1390. The van der Waals surface area contributed by atoms with Crippen LogP contribution in [0.5, 0.6) is 0 Å². The zero-order valence-electron chi connectivity index (χ0n) is 25.2. The molecule has 0 radical (unpaired) electrons. The van der Waals surface area contributed by atoms with E-state index in [1.54, 1.807) is 6.08 Å². The van der Waals surface area contributed by atoms with E-state index in [1.165, 1.54) is 36.4 Å². The second-order valence-electron chi connectivity index (χ2n) is 13.5. The lowest BCUT2D eigenvalue weighted by Crippen LogP contribution is -2.46. The number of anilines is 1. The molecule has 3 fully saturated rings. The Morgan fingerprint density at radius 1 is 1.11 bits per heavy atom. The van der Waals surface area contributed by atoms with Crippen LogP contribution < -0.4 is 4.90 Å². The molecule has 2 unspecified atom stereocenters. The molecule has 7 atom stereocenters. The number of hydrogen-bond donors (Lipinski definition) is 0. The number of carbonyl (C=O) groups is 1. The van der Waals surface area contributed by atoms with Crippen molar-refractivity contribution in [3.63, 3.8) is 0 Å². The molecule has 0 spiro atoms. The molecule has 0 aromatic heterocycles. The van der Waals surface area contributed by atoms with E-state index in [4.69, 9.17) is 4.74 Å². The summed E-state index contributed by atoms with van der Waals surface area (Å²) in [5.74, 6) is 2.74. The summed E-state index contributed by atoms with van der Waals surface area (Å²) in [6.45, 7) is 3.50. The molecule has 2 saturated carbocycles. The van der Waals surface area contributed by atoms with Gasteiger partial charge in [0.25, 0.3) is 0 Å². The van der Waals surface area contributed by atoms with Crippen LogP contribution >= 0.6 is 0 Å². The molecular weight excluding hydrogens is 572 g/mol. The molecule has 4 aliphatic carbocycles.